The molecule has 1 aliphatic carbocycles. The Bertz CT molecular complexity index is 955. The lowest BCUT2D eigenvalue weighted by Crippen LogP contribution is -2.50. The summed E-state index contributed by atoms with van der Waals surface area (Å²) >= 11 is 0. The second-order valence-corrected chi connectivity index (χ2v) is 10.0. The van der Waals surface area contributed by atoms with Crippen LogP contribution in [0, 0.1) is 5.41 Å². The summed E-state index contributed by atoms with van der Waals surface area (Å²) in [6, 6.07) is 5.18. The minimum atomic E-state index is -2.68. The highest BCUT2D eigenvalue weighted by molar-refractivity contribution is 5.94. The lowest BCUT2D eigenvalue weighted by atomic mass is 9.62. The molecular weight excluding hydrogens is 418 g/mol. The normalized spacial score (nSPS) is 21.4. The van der Waals surface area contributed by atoms with Crippen molar-refractivity contribution in [3.63, 3.8) is 0 Å². The first-order valence-corrected chi connectivity index (χ1v) is 11.0. The monoisotopic (exact) mass is 448 g/mol. The topological polar surface area (TPSA) is 59.1 Å². The zero-order valence-electron chi connectivity index (χ0n) is 19.0. The molecule has 2 aliphatic heterocycles. The smallest absolute Gasteiger partial charge is 0.414 e. The van der Waals surface area contributed by atoms with Gasteiger partial charge < -0.3 is 14.4 Å². The highest BCUT2D eigenvalue weighted by atomic mass is 19.3. The fraction of sp³-hybridized carbons (Fsp3) is 0.583. The van der Waals surface area contributed by atoms with Crippen molar-refractivity contribution in [3.05, 3.63) is 35.4 Å². The van der Waals surface area contributed by atoms with Crippen LogP contribution in [-0.2, 0) is 9.47 Å². The third-order valence-corrected chi connectivity index (χ3v) is 6.29. The molecule has 4 rings (SSSR count). The summed E-state index contributed by atoms with van der Waals surface area (Å²) in [5, 5.41) is 0. The first-order chi connectivity index (χ1) is 14.9. The number of nitrogens with zero attached hydrogens (tertiary/aromatic N) is 2. The van der Waals surface area contributed by atoms with Crippen LogP contribution in [0.25, 0.3) is 5.70 Å². The van der Waals surface area contributed by atoms with Gasteiger partial charge in [-0.05, 0) is 51.8 Å². The van der Waals surface area contributed by atoms with Gasteiger partial charge in [-0.1, -0.05) is 6.08 Å². The van der Waals surface area contributed by atoms with E-state index in [0.29, 0.717) is 24.2 Å². The van der Waals surface area contributed by atoms with E-state index in [1.807, 2.05) is 6.08 Å². The average Bonchev–Trinajstić information content (AvgIpc) is 2.63. The molecule has 8 heteroatoms. The Morgan fingerprint density at radius 2 is 1.78 bits per heavy atom. The highest BCUT2D eigenvalue weighted by Gasteiger charge is 2.57. The van der Waals surface area contributed by atoms with E-state index in [2.05, 4.69) is 4.90 Å². The molecule has 1 aromatic rings. The summed E-state index contributed by atoms with van der Waals surface area (Å²) in [7, 11) is 1.33. The third-order valence-electron chi connectivity index (χ3n) is 6.29. The number of amides is 1. The molecule has 1 amide bonds. The second-order valence-electron chi connectivity index (χ2n) is 10.0. The molecule has 0 aromatic heterocycles. The third kappa shape index (κ3) is 4.32. The van der Waals surface area contributed by atoms with Crippen LogP contribution >= 0.6 is 0 Å². The Hall–Kier alpha value is -2.64. The van der Waals surface area contributed by atoms with Gasteiger partial charge in [0.25, 0.3) is 0 Å². The SMILES string of the molecule is COC(=O)c1ccc(C2=CC3(CCN2C(=O)OC(C)(C)C)CC(F)(F)C3)c(N2CCC2)c1. The molecule has 1 saturated heterocycles. The van der Waals surface area contributed by atoms with E-state index in [4.69, 9.17) is 9.47 Å². The lowest BCUT2D eigenvalue weighted by molar-refractivity contribution is -0.146. The number of anilines is 1. The van der Waals surface area contributed by atoms with E-state index in [1.165, 1.54) is 7.11 Å². The molecule has 3 aliphatic rings. The number of esters is 1. The number of rotatable bonds is 3. The maximum atomic E-state index is 13.8. The molecule has 1 spiro atoms. The van der Waals surface area contributed by atoms with Crippen molar-refractivity contribution in [2.75, 3.05) is 31.6 Å². The highest BCUT2D eigenvalue weighted by Crippen LogP contribution is 2.58. The molecule has 0 atom stereocenters. The number of allylic oxidation sites excluding steroid dienone is 1. The van der Waals surface area contributed by atoms with E-state index in [1.54, 1.807) is 43.9 Å². The first kappa shape index (κ1) is 22.6. The number of ether oxygens (including phenoxy) is 2. The zero-order chi connectivity index (χ0) is 23.3. The van der Waals surface area contributed by atoms with Crippen molar-refractivity contribution in [1.29, 1.82) is 0 Å². The van der Waals surface area contributed by atoms with Crippen LogP contribution in [0.5, 0.6) is 0 Å². The maximum Gasteiger partial charge on any atom is 0.414 e. The van der Waals surface area contributed by atoms with E-state index in [-0.39, 0.29) is 12.8 Å². The summed E-state index contributed by atoms with van der Waals surface area (Å²) in [6.07, 6.45) is 2.37. The van der Waals surface area contributed by atoms with Crippen molar-refractivity contribution in [3.8, 4) is 0 Å². The van der Waals surface area contributed by atoms with Gasteiger partial charge in [0.2, 0.25) is 5.92 Å². The van der Waals surface area contributed by atoms with Gasteiger partial charge in [0, 0.05) is 49.1 Å². The number of halogens is 2. The number of hydrogen-bond acceptors (Lipinski definition) is 5. The minimum Gasteiger partial charge on any atom is -0.465 e. The van der Waals surface area contributed by atoms with Crippen molar-refractivity contribution in [2.24, 2.45) is 5.41 Å². The van der Waals surface area contributed by atoms with Gasteiger partial charge in [-0.3, -0.25) is 4.90 Å². The molecule has 2 heterocycles. The van der Waals surface area contributed by atoms with Crippen LogP contribution in [0.3, 0.4) is 0 Å². The van der Waals surface area contributed by atoms with Gasteiger partial charge in [0.05, 0.1) is 18.4 Å². The van der Waals surface area contributed by atoms with Crippen LogP contribution in [0.1, 0.15) is 62.4 Å². The molecule has 0 radical (unpaired) electrons. The van der Waals surface area contributed by atoms with Crippen LogP contribution < -0.4 is 4.90 Å². The van der Waals surface area contributed by atoms with Crippen molar-refractivity contribution < 1.29 is 27.8 Å². The van der Waals surface area contributed by atoms with E-state index < -0.39 is 29.0 Å². The summed E-state index contributed by atoms with van der Waals surface area (Å²) in [4.78, 5) is 28.8. The molecule has 6 nitrogen and oxygen atoms in total. The lowest BCUT2D eigenvalue weighted by Gasteiger charge is -2.50. The molecule has 0 bridgehead atoms. The van der Waals surface area contributed by atoms with E-state index in [9.17, 15) is 18.4 Å². The number of carbonyl (C=O) groups is 2. The maximum absolute atomic E-state index is 13.8. The Morgan fingerprint density at radius 3 is 2.31 bits per heavy atom. The number of carbonyl (C=O) groups excluding carboxylic acids is 2. The Morgan fingerprint density at radius 1 is 1.09 bits per heavy atom. The minimum absolute atomic E-state index is 0.217. The summed E-state index contributed by atoms with van der Waals surface area (Å²) < 4.78 is 38.2. The summed E-state index contributed by atoms with van der Waals surface area (Å²) in [6.45, 7) is 7.32. The van der Waals surface area contributed by atoms with E-state index >= 15 is 0 Å². The molecule has 1 saturated carbocycles. The fourth-order valence-electron chi connectivity index (χ4n) is 4.69. The van der Waals surface area contributed by atoms with Crippen LogP contribution in [-0.4, -0.2) is 55.2 Å². The van der Waals surface area contributed by atoms with Gasteiger partial charge in [-0.25, -0.2) is 18.4 Å². The average molecular weight is 449 g/mol. The van der Waals surface area contributed by atoms with Gasteiger partial charge in [0.15, 0.2) is 0 Å². The van der Waals surface area contributed by atoms with Crippen LogP contribution in [0.2, 0.25) is 0 Å². The number of methoxy groups -OCH3 is 1. The summed E-state index contributed by atoms with van der Waals surface area (Å²) in [5.74, 6) is -3.12. The standard InChI is InChI=1S/C24H30F2N2O4/c1-22(2,3)32-21(30)28-11-8-23(14-24(25,26)15-23)13-19(28)17-7-6-16(20(29)31-4)12-18(17)27-9-5-10-27/h6-7,12-13H,5,8-11,14-15H2,1-4H3. The van der Waals surface area contributed by atoms with Gasteiger partial charge >= 0.3 is 12.1 Å². The van der Waals surface area contributed by atoms with Crippen LogP contribution in [0.15, 0.2) is 24.3 Å². The predicted octanol–water partition coefficient (Wildman–Crippen LogP) is 5.08. The molecule has 0 unspecified atom stereocenters. The quantitative estimate of drug-likeness (QED) is 0.604. The molecular formula is C24H30F2N2O4. The second kappa shape index (κ2) is 7.74. The van der Waals surface area contributed by atoms with E-state index in [0.717, 1.165) is 30.8 Å². The van der Waals surface area contributed by atoms with Crippen molar-refractivity contribution in [1.82, 2.24) is 4.90 Å². The number of alkyl halides is 2. The molecule has 32 heavy (non-hydrogen) atoms. The van der Waals surface area contributed by atoms with Gasteiger partial charge in [0.1, 0.15) is 5.60 Å². The molecule has 2 fully saturated rings. The fourth-order valence-corrected chi connectivity index (χ4v) is 4.69. The predicted molar refractivity (Wildman–Crippen MR) is 117 cm³/mol. The Kier molecular flexibility index (Phi) is 5.46. The number of hydrogen-bond donors (Lipinski definition) is 0. The first-order valence-electron chi connectivity index (χ1n) is 11.0. The molecule has 0 N–H and O–H groups in total. The van der Waals surface area contributed by atoms with Crippen molar-refractivity contribution in [2.45, 2.75) is 58.0 Å². The van der Waals surface area contributed by atoms with Crippen molar-refractivity contribution >= 4 is 23.4 Å². The van der Waals surface area contributed by atoms with Gasteiger partial charge in [-0.15, -0.1) is 0 Å². The Labute approximate surface area is 187 Å². The molecule has 1 aromatic carbocycles. The largest absolute Gasteiger partial charge is 0.465 e. The van der Waals surface area contributed by atoms with Crippen LogP contribution in [0.4, 0.5) is 19.3 Å². The summed E-state index contributed by atoms with van der Waals surface area (Å²) in [5.41, 5.74) is 1.18. The number of benzene rings is 1. The van der Waals surface area contributed by atoms with Gasteiger partial charge in [-0.2, -0.15) is 0 Å². The zero-order valence-corrected chi connectivity index (χ0v) is 19.0. The Balaban J connectivity index is 1.78. The molecule has 174 valence electrons.